The highest BCUT2D eigenvalue weighted by molar-refractivity contribution is 5.75. The highest BCUT2D eigenvalue weighted by Gasteiger charge is 2.26. The molecule has 0 atom stereocenters. The van der Waals surface area contributed by atoms with Crippen molar-refractivity contribution in [3.8, 4) is 0 Å². The second-order valence-corrected chi connectivity index (χ2v) is 4.57. The first-order valence-electron chi connectivity index (χ1n) is 6.39. The van der Waals surface area contributed by atoms with Crippen molar-refractivity contribution in [1.82, 2.24) is 4.90 Å². The average molecular weight is 247 g/mol. The molecule has 0 saturated heterocycles. The molecular formula is C12H23NO4. The third kappa shape index (κ3) is 5.56. The van der Waals surface area contributed by atoms with Crippen LogP contribution in [0, 0.1) is 5.41 Å². The van der Waals surface area contributed by atoms with Crippen molar-refractivity contribution in [3.05, 3.63) is 0 Å². The number of carbonyl (C=O) groups excluding carboxylic acids is 1. The largest absolute Gasteiger partial charge is 0.465 e. The number of hydrogen-bond acceptors (Lipinski definition) is 4. The minimum Gasteiger partial charge on any atom is -0.465 e. The maximum Gasteiger partial charge on any atom is 0.407 e. The van der Waals surface area contributed by atoms with Gasteiger partial charge in [0.15, 0.2) is 0 Å². The van der Waals surface area contributed by atoms with Gasteiger partial charge in [0.2, 0.25) is 0 Å². The first kappa shape index (κ1) is 13.8. The highest BCUT2D eigenvalue weighted by Crippen LogP contribution is 2.21. The zero-order valence-electron chi connectivity index (χ0n) is 12.1. The lowest BCUT2D eigenvalue weighted by Gasteiger charge is -2.21. The van der Waals surface area contributed by atoms with Crippen molar-refractivity contribution in [2.75, 3.05) is 19.7 Å². The fourth-order valence-corrected chi connectivity index (χ4v) is 1.14. The van der Waals surface area contributed by atoms with Crippen LogP contribution in [0.1, 0.15) is 40.5 Å². The van der Waals surface area contributed by atoms with E-state index in [4.69, 9.17) is 6.17 Å². The van der Waals surface area contributed by atoms with Gasteiger partial charge in [0.25, 0.3) is 1.43 Å². The molecule has 0 aliphatic rings. The molecule has 1 N–H and O–H groups in total. The van der Waals surface area contributed by atoms with Gasteiger partial charge in [0.1, 0.15) is 0 Å². The molecule has 17 heavy (non-hydrogen) atoms. The first-order valence-corrected chi connectivity index (χ1v) is 5.98. The summed E-state index contributed by atoms with van der Waals surface area (Å²) in [6.07, 6.45) is 0.574. The number of esters is 1. The van der Waals surface area contributed by atoms with E-state index in [0.29, 0.717) is 19.5 Å². The van der Waals surface area contributed by atoms with Crippen LogP contribution < -0.4 is 0 Å². The molecule has 0 bridgehead atoms. The van der Waals surface area contributed by atoms with Crippen LogP contribution in [0.25, 0.3) is 1.43 Å². The zero-order valence-corrected chi connectivity index (χ0v) is 11.1. The molecule has 5 nitrogen and oxygen atoms in total. The summed E-state index contributed by atoms with van der Waals surface area (Å²) in [6, 6.07) is 0. The zero-order chi connectivity index (χ0) is 14.2. The molecule has 0 rings (SSSR count). The number of amides is 1. The first-order chi connectivity index (χ1) is 8.38. The predicted molar refractivity (Wildman–Crippen MR) is 64.9 cm³/mol. The smallest absolute Gasteiger partial charge is 0.407 e. The Morgan fingerprint density at radius 1 is 1.41 bits per heavy atom. The van der Waals surface area contributed by atoms with Gasteiger partial charge in [-0.15, -0.1) is 0 Å². The third-order valence-corrected chi connectivity index (χ3v) is 2.88. The number of nitrogens with zero attached hydrogens (tertiary/aromatic N) is 1. The molecule has 0 radical (unpaired) electrons. The van der Waals surface area contributed by atoms with E-state index in [0.717, 1.165) is 6.42 Å². The molecule has 0 aromatic rings. The summed E-state index contributed by atoms with van der Waals surface area (Å²) in [5.41, 5.74) is -0.468. The van der Waals surface area contributed by atoms with Crippen LogP contribution in [0.2, 0.25) is 0 Å². The van der Waals surface area contributed by atoms with Gasteiger partial charge in [-0.25, -0.2) is 4.79 Å². The van der Waals surface area contributed by atoms with Crippen molar-refractivity contribution in [3.63, 3.8) is 0 Å². The van der Waals surface area contributed by atoms with E-state index in [-0.39, 0.29) is 12.6 Å². The van der Waals surface area contributed by atoms with Gasteiger partial charge in [-0.1, -0.05) is 6.92 Å². The van der Waals surface area contributed by atoms with Crippen molar-refractivity contribution in [1.29, 1.82) is 1.43 Å². The summed E-state index contributed by atoms with van der Waals surface area (Å²) >= 11 is 0. The van der Waals surface area contributed by atoms with E-state index >= 15 is 0 Å². The Morgan fingerprint density at radius 3 is 2.53 bits per heavy atom. The summed E-state index contributed by atoms with van der Waals surface area (Å²) < 4.78 is 11.7. The second kappa shape index (κ2) is 7.14. The molecule has 5 heteroatoms. The molecule has 0 heterocycles. The maximum absolute atomic E-state index is 11.6. The van der Waals surface area contributed by atoms with E-state index in [1.165, 1.54) is 4.90 Å². The quantitative estimate of drug-likeness (QED) is 0.554. The van der Waals surface area contributed by atoms with Crippen molar-refractivity contribution in [2.45, 2.75) is 40.5 Å². The van der Waals surface area contributed by atoms with Gasteiger partial charge in [-0.2, -0.15) is 0 Å². The Balaban J connectivity index is 3.92. The highest BCUT2D eigenvalue weighted by atomic mass is 16.5. The fourth-order valence-electron chi connectivity index (χ4n) is 1.14. The number of hydrogen-bond donors (Lipinski definition) is 1. The molecule has 0 unspecified atom stereocenters. The molecule has 0 aromatic carbocycles. The fraction of sp³-hybridized carbons (Fsp3) is 0.833. The predicted octanol–water partition coefficient (Wildman–Crippen LogP) is 2.36. The summed E-state index contributed by atoms with van der Waals surface area (Å²) in [4.78, 5) is 24.1. The molecule has 0 saturated carbocycles. The van der Waals surface area contributed by atoms with Gasteiger partial charge < -0.3 is 14.7 Å². The van der Waals surface area contributed by atoms with E-state index in [2.05, 4.69) is 5.11 Å². The molecule has 1 amide bonds. The number of ether oxygens (including phenoxy) is 1. The van der Waals surface area contributed by atoms with Crippen LogP contribution >= 0.6 is 0 Å². The number of carbonyl (C=O) groups is 2. The molecule has 0 fully saturated rings. The lowest BCUT2D eigenvalue weighted by molar-refractivity contribution is -0.154. The standard InChI is InChI=1S/C12H23NO4/c1-5-12(3,4)10(14)17-9-7-8-13(6-2)11(15)16/h5-9H2,1-4H3,(H,15,16)/i/hT. The van der Waals surface area contributed by atoms with E-state index < -0.39 is 11.5 Å². The Kier molecular flexibility index (Phi) is 5.80. The molecule has 0 aromatic heterocycles. The Bertz CT molecular complexity index is 281. The minimum atomic E-state index is -0.683. The number of carboxylic acid groups (broad SMARTS) is 1. The van der Waals surface area contributed by atoms with Crippen molar-refractivity contribution in [2.24, 2.45) is 5.41 Å². The van der Waals surface area contributed by atoms with Gasteiger partial charge in [-0.3, -0.25) is 4.79 Å². The van der Waals surface area contributed by atoms with E-state index in [9.17, 15) is 9.59 Å². The summed E-state index contributed by atoms with van der Waals surface area (Å²) in [7, 11) is 0. The van der Waals surface area contributed by atoms with Gasteiger partial charge >= 0.3 is 12.1 Å². The minimum absolute atomic E-state index is 0.226. The summed E-state index contributed by atoms with van der Waals surface area (Å²) in [5.74, 6) is -0.226. The molecular weight excluding hydrogens is 222 g/mol. The Hall–Kier alpha value is -1.26. The van der Waals surface area contributed by atoms with Crippen LogP contribution in [0.15, 0.2) is 0 Å². The molecule has 100 valence electrons. The van der Waals surface area contributed by atoms with Crippen LogP contribution in [0.3, 0.4) is 0 Å². The average Bonchev–Trinajstić information content (AvgIpc) is 2.37. The topological polar surface area (TPSA) is 66.8 Å². The van der Waals surface area contributed by atoms with Crippen LogP contribution in [0.5, 0.6) is 0 Å². The van der Waals surface area contributed by atoms with Crippen LogP contribution in [-0.4, -0.2) is 41.8 Å². The second-order valence-electron chi connectivity index (χ2n) is 4.57. The van der Waals surface area contributed by atoms with Crippen molar-refractivity contribution >= 4 is 12.1 Å². The SMILES string of the molecule is [3H]OC(=O)N(CC)CCCOC(=O)C(C)(C)CC. The number of rotatable bonds is 7. The Labute approximate surface area is 104 Å². The van der Waals surface area contributed by atoms with Crippen LogP contribution in [0.4, 0.5) is 4.79 Å². The monoisotopic (exact) mass is 247 g/mol. The molecule has 0 aliphatic carbocycles. The van der Waals surface area contributed by atoms with Gasteiger partial charge in [-0.05, 0) is 33.6 Å². The lowest BCUT2D eigenvalue weighted by atomic mass is 9.91. The Morgan fingerprint density at radius 2 is 2.06 bits per heavy atom. The van der Waals surface area contributed by atoms with Crippen LogP contribution in [-0.2, 0) is 9.53 Å². The van der Waals surface area contributed by atoms with E-state index in [1.54, 1.807) is 6.92 Å². The summed E-state index contributed by atoms with van der Waals surface area (Å²) in [6.45, 7) is 8.55. The van der Waals surface area contributed by atoms with Gasteiger partial charge in [0, 0.05) is 13.1 Å². The molecule has 0 spiro atoms. The lowest BCUT2D eigenvalue weighted by Crippen LogP contribution is -2.31. The maximum atomic E-state index is 11.6. The third-order valence-electron chi connectivity index (χ3n) is 2.88. The van der Waals surface area contributed by atoms with E-state index in [1.807, 2.05) is 20.8 Å². The van der Waals surface area contributed by atoms with Gasteiger partial charge in [0.05, 0.1) is 12.0 Å². The normalized spacial score (nSPS) is 11.6. The summed E-state index contributed by atoms with van der Waals surface area (Å²) in [5, 5.41) is 3.88. The van der Waals surface area contributed by atoms with Crippen molar-refractivity contribution < 1.29 is 19.4 Å². The molecule has 0 aliphatic heterocycles.